The number of rotatable bonds is 3. The third-order valence-electron chi connectivity index (χ3n) is 4.98. The second kappa shape index (κ2) is 7.63. The van der Waals surface area contributed by atoms with Crippen molar-refractivity contribution in [3.8, 4) is 16.9 Å². The van der Waals surface area contributed by atoms with Crippen molar-refractivity contribution >= 4 is 27.7 Å². The van der Waals surface area contributed by atoms with Crippen LogP contribution in [0.4, 0.5) is 10.5 Å². The fourth-order valence-electron chi connectivity index (χ4n) is 3.48. The van der Waals surface area contributed by atoms with Crippen LogP contribution in [0.15, 0.2) is 59.5 Å². The quantitative estimate of drug-likeness (QED) is 0.667. The van der Waals surface area contributed by atoms with Gasteiger partial charge in [-0.15, -0.1) is 0 Å². The molecule has 1 atom stereocenters. The van der Waals surface area contributed by atoms with Crippen molar-refractivity contribution in [3.05, 3.63) is 59.5 Å². The molecule has 4 rings (SSSR count). The molecule has 0 bridgehead atoms. The first kappa shape index (κ1) is 18.5. The van der Waals surface area contributed by atoms with Crippen LogP contribution in [0.25, 0.3) is 16.9 Å². The first-order valence-electron chi connectivity index (χ1n) is 9.03. The van der Waals surface area contributed by atoms with Crippen LogP contribution in [0.1, 0.15) is 6.92 Å². The van der Waals surface area contributed by atoms with Crippen LogP contribution < -0.4 is 4.90 Å². The lowest BCUT2D eigenvalue weighted by molar-refractivity contribution is 0.122. The van der Waals surface area contributed by atoms with Crippen molar-refractivity contribution in [2.24, 2.45) is 0 Å². The maximum Gasteiger partial charge on any atom is 0.407 e. The van der Waals surface area contributed by atoms with Gasteiger partial charge in [0.05, 0.1) is 10.2 Å². The smallest absolute Gasteiger partial charge is 0.407 e. The molecule has 1 N–H and O–H groups in total. The number of benzene rings is 1. The first-order valence-corrected chi connectivity index (χ1v) is 9.83. The molecular formula is C20H20BrN5O2. The Kier molecular flexibility index (Phi) is 5.04. The van der Waals surface area contributed by atoms with Crippen molar-refractivity contribution in [2.45, 2.75) is 13.0 Å². The number of halogens is 1. The standard InChI is InChI=1S/C20H20BrN5O2/c1-14-12-24(10-11-25(14)20(27)28)16-2-4-17(5-3-16)26-13-18(21)19(23-26)15-6-8-22-9-7-15/h2-9,13-14H,10-12H2,1H3,(H,27,28)/t14-/m0/s1. The van der Waals surface area contributed by atoms with Gasteiger partial charge < -0.3 is 14.9 Å². The van der Waals surface area contributed by atoms with E-state index < -0.39 is 6.09 Å². The molecule has 0 aliphatic carbocycles. The van der Waals surface area contributed by atoms with E-state index in [0.29, 0.717) is 19.6 Å². The highest BCUT2D eigenvalue weighted by Crippen LogP contribution is 2.28. The van der Waals surface area contributed by atoms with Gasteiger partial charge in [-0.2, -0.15) is 5.10 Å². The highest BCUT2D eigenvalue weighted by molar-refractivity contribution is 9.10. The fraction of sp³-hybridized carbons (Fsp3) is 0.250. The van der Waals surface area contributed by atoms with Crippen LogP contribution in [0.3, 0.4) is 0 Å². The molecule has 0 unspecified atom stereocenters. The average molecular weight is 442 g/mol. The van der Waals surface area contributed by atoms with Gasteiger partial charge in [0.25, 0.3) is 0 Å². The zero-order valence-corrected chi connectivity index (χ0v) is 17.0. The van der Waals surface area contributed by atoms with Gasteiger partial charge in [0.1, 0.15) is 5.69 Å². The van der Waals surface area contributed by atoms with Gasteiger partial charge in [0.15, 0.2) is 0 Å². The second-order valence-electron chi connectivity index (χ2n) is 6.79. The average Bonchev–Trinajstić information content (AvgIpc) is 3.10. The topological polar surface area (TPSA) is 74.5 Å². The van der Waals surface area contributed by atoms with Crippen molar-refractivity contribution in [3.63, 3.8) is 0 Å². The van der Waals surface area contributed by atoms with Crippen LogP contribution in [0, 0.1) is 0 Å². The molecule has 28 heavy (non-hydrogen) atoms. The monoisotopic (exact) mass is 441 g/mol. The van der Waals surface area contributed by atoms with Gasteiger partial charge >= 0.3 is 6.09 Å². The van der Waals surface area contributed by atoms with Crippen LogP contribution in [0.5, 0.6) is 0 Å². The van der Waals surface area contributed by atoms with E-state index in [-0.39, 0.29) is 6.04 Å². The molecule has 144 valence electrons. The van der Waals surface area contributed by atoms with Crippen LogP contribution >= 0.6 is 15.9 Å². The van der Waals surface area contributed by atoms with E-state index in [0.717, 1.165) is 27.1 Å². The summed E-state index contributed by atoms with van der Waals surface area (Å²) in [6.07, 6.45) is 4.59. The summed E-state index contributed by atoms with van der Waals surface area (Å²) in [5, 5.41) is 13.9. The number of amides is 1. The number of carbonyl (C=O) groups is 1. The highest BCUT2D eigenvalue weighted by atomic mass is 79.9. The van der Waals surface area contributed by atoms with E-state index >= 15 is 0 Å². The predicted molar refractivity (Wildman–Crippen MR) is 111 cm³/mol. The third-order valence-corrected chi connectivity index (χ3v) is 5.56. The van der Waals surface area contributed by atoms with Gasteiger partial charge in [0, 0.05) is 55.5 Å². The molecule has 1 fully saturated rings. The third kappa shape index (κ3) is 3.60. The normalized spacial score (nSPS) is 17.0. The molecule has 3 aromatic rings. The Morgan fingerprint density at radius 3 is 2.43 bits per heavy atom. The van der Waals surface area contributed by atoms with E-state index in [2.05, 4.69) is 37.9 Å². The molecule has 1 saturated heterocycles. The van der Waals surface area contributed by atoms with Gasteiger partial charge in [-0.3, -0.25) is 4.98 Å². The van der Waals surface area contributed by atoms with Crippen LogP contribution in [-0.2, 0) is 0 Å². The summed E-state index contributed by atoms with van der Waals surface area (Å²) in [6, 6.07) is 12.0. The lowest BCUT2D eigenvalue weighted by atomic mass is 10.1. The van der Waals surface area contributed by atoms with Gasteiger partial charge in [0.2, 0.25) is 0 Å². The molecular weight excluding hydrogens is 422 g/mol. The molecule has 1 amide bonds. The molecule has 8 heteroatoms. The number of hydrogen-bond donors (Lipinski definition) is 1. The number of aromatic nitrogens is 3. The Hall–Kier alpha value is -2.87. The summed E-state index contributed by atoms with van der Waals surface area (Å²) < 4.78 is 2.76. The summed E-state index contributed by atoms with van der Waals surface area (Å²) >= 11 is 3.59. The lowest BCUT2D eigenvalue weighted by Gasteiger charge is -2.39. The number of anilines is 1. The number of pyridine rings is 1. The maximum atomic E-state index is 11.2. The summed E-state index contributed by atoms with van der Waals surface area (Å²) in [5.74, 6) is 0. The summed E-state index contributed by atoms with van der Waals surface area (Å²) in [6.45, 7) is 3.83. The molecule has 1 aliphatic rings. The molecule has 0 spiro atoms. The lowest BCUT2D eigenvalue weighted by Crippen LogP contribution is -2.53. The van der Waals surface area contributed by atoms with Crippen molar-refractivity contribution < 1.29 is 9.90 Å². The molecule has 1 aliphatic heterocycles. The number of carboxylic acid groups (broad SMARTS) is 1. The van der Waals surface area contributed by atoms with Crippen LogP contribution in [-0.4, -0.2) is 56.5 Å². The zero-order valence-electron chi connectivity index (χ0n) is 15.4. The molecule has 0 radical (unpaired) electrons. The minimum Gasteiger partial charge on any atom is -0.465 e. The molecule has 1 aromatic carbocycles. The van der Waals surface area contributed by atoms with E-state index in [1.807, 2.05) is 42.1 Å². The van der Waals surface area contributed by atoms with Gasteiger partial charge in [-0.25, -0.2) is 9.48 Å². The SMILES string of the molecule is C[C@H]1CN(c2ccc(-n3cc(Br)c(-c4ccncc4)n3)cc2)CCN1C(=O)O. The minimum absolute atomic E-state index is 0.0316. The Morgan fingerprint density at radius 1 is 1.11 bits per heavy atom. The number of hydrogen-bond acceptors (Lipinski definition) is 4. The minimum atomic E-state index is -0.850. The Morgan fingerprint density at radius 2 is 1.79 bits per heavy atom. The van der Waals surface area contributed by atoms with Crippen molar-refractivity contribution in [1.82, 2.24) is 19.7 Å². The molecule has 7 nitrogen and oxygen atoms in total. The largest absolute Gasteiger partial charge is 0.465 e. The Labute approximate surface area is 171 Å². The van der Waals surface area contributed by atoms with E-state index in [9.17, 15) is 9.90 Å². The zero-order chi connectivity index (χ0) is 19.7. The van der Waals surface area contributed by atoms with Gasteiger partial charge in [-0.05, 0) is 59.3 Å². The fourth-order valence-corrected chi connectivity index (χ4v) is 3.99. The maximum absolute atomic E-state index is 11.2. The molecule has 0 saturated carbocycles. The molecule has 2 aromatic heterocycles. The summed E-state index contributed by atoms with van der Waals surface area (Å²) in [4.78, 5) is 19.0. The van der Waals surface area contributed by atoms with Gasteiger partial charge in [-0.1, -0.05) is 0 Å². The number of nitrogens with zero attached hydrogens (tertiary/aromatic N) is 5. The summed E-state index contributed by atoms with van der Waals surface area (Å²) in [7, 11) is 0. The Bertz CT molecular complexity index is 974. The van der Waals surface area contributed by atoms with Crippen molar-refractivity contribution in [2.75, 3.05) is 24.5 Å². The molecule has 3 heterocycles. The van der Waals surface area contributed by atoms with Crippen molar-refractivity contribution in [1.29, 1.82) is 0 Å². The first-order chi connectivity index (χ1) is 13.5. The predicted octanol–water partition coefficient (Wildman–Crippen LogP) is 3.89. The summed E-state index contributed by atoms with van der Waals surface area (Å²) in [5.41, 5.74) is 3.91. The van der Waals surface area contributed by atoms with E-state index in [4.69, 9.17) is 5.10 Å². The van der Waals surface area contributed by atoms with E-state index in [1.165, 1.54) is 4.90 Å². The Balaban J connectivity index is 1.52. The highest BCUT2D eigenvalue weighted by Gasteiger charge is 2.27. The van der Waals surface area contributed by atoms with E-state index in [1.54, 1.807) is 12.4 Å². The number of piperazine rings is 1. The second-order valence-corrected chi connectivity index (χ2v) is 7.65. The van der Waals surface area contributed by atoms with Crippen LogP contribution in [0.2, 0.25) is 0 Å².